The van der Waals surface area contributed by atoms with Gasteiger partial charge in [0.05, 0.1) is 11.2 Å². The molecule has 0 heterocycles. The lowest BCUT2D eigenvalue weighted by atomic mass is 10.1. The number of hydrogen-bond donors (Lipinski definition) is 1. The van der Waals surface area contributed by atoms with Crippen molar-refractivity contribution >= 4 is 5.91 Å². The summed E-state index contributed by atoms with van der Waals surface area (Å²) in [5.74, 6) is -0.585. The van der Waals surface area contributed by atoms with Gasteiger partial charge >= 0.3 is 6.18 Å². The standard InChI is InChI=1S/C12H14F3NO2/c1-11(2,3)18-16-10(17)8-4-6-9(7-5-8)12(13,14)15/h4-7H,1-3H3,(H,16,17). The van der Waals surface area contributed by atoms with Crippen molar-refractivity contribution in [3.63, 3.8) is 0 Å². The molecule has 1 aromatic rings. The zero-order valence-corrected chi connectivity index (χ0v) is 10.3. The number of carbonyl (C=O) groups excluding carboxylic acids is 1. The van der Waals surface area contributed by atoms with Crippen LogP contribution in [0.3, 0.4) is 0 Å². The summed E-state index contributed by atoms with van der Waals surface area (Å²) in [6.45, 7) is 5.21. The van der Waals surface area contributed by atoms with E-state index in [4.69, 9.17) is 4.84 Å². The molecule has 0 spiro atoms. The summed E-state index contributed by atoms with van der Waals surface area (Å²) in [6, 6.07) is 3.91. The molecule has 1 amide bonds. The van der Waals surface area contributed by atoms with E-state index >= 15 is 0 Å². The highest BCUT2D eigenvalue weighted by molar-refractivity contribution is 5.93. The van der Waals surface area contributed by atoms with E-state index in [2.05, 4.69) is 5.48 Å². The van der Waals surface area contributed by atoms with Gasteiger partial charge in [0.15, 0.2) is 0 Å². The van der Waals surface area contributed by atoms with E-state index in [1.165, 1.54) is 0 Å². The van der Waals surface area contributed by atoms with Crippen LogP contribution in [-0.2, 0) is 11.0 Å². The van der Waals surface area contributed by atoms with Gasteiger partial charge in [0.2, 0.25) is 0 Å². The first-order valence-electron chi connectivity index (χ1n) is 5.25. The molecule has 100 valence electrons. The molecule has 0 fully saturated rings. The lowest BCUT2D eigenvalue weighted by Gasteiger charge is -2.19. The fourth-order valence-electron chi connectivity index (χ4n) is 1.07. The maximum atomic E-state index is 12.3. The number of amides is 1. The average Bonchev–Trinajstić information content (AvgIpc) is 2.24. The van der Waals surface area contributed by atoms with Crippen LogP contribution in [0.15, 0.2) is 24.3 Å². The zero-order valence-electron chi connectivity index (χ0n) is 10.3. The molecule has 0 aliphatic carbocycles. The Morgan fingerprint density at radius 2 is 1.61 bits per heavy atom. The Morgan fingerprint density at radius 1 is 1.11 bits per heavy atom. The smallest absolute Gasteiger partial charge is 0.268 e. The summed E-state index contributed by atoms with van der Waals surface area (Å²) in [5, 5.41) is 0. The molecule has 3 nitrogen and oxygen atoms in total. The summed E-state index contributed by atoms with van der Waals surface area (Å²) in [5.41, 5.74) is 0.917. The van der Waals surface area contributed by atoms with Crippen molar-refractivity contribution in [2.75, 3.05) is 0 Å². The second-order valence-electron chi connectivity index (χ2n) is 4.72. The van der Waals surface area contributed by atoms with Crippen LogP contribution in [0.2, 0.25) is 0 Å². The summed E-state index contributed by atoms with van der Waals surface area (Å²) in [4.78, 5) is 16.6. The molecule has 0 bridgehead atoms. The van der Waals surface area contributed by atoms with Crippen LogP contribution in [0.5, 0.6) is 0 Å². The monoisotopic (exact) mass is 261 g/mol. The highest BCUT2D eigenvalue weighted by atomic mass is 19.4. The predicted octanol–water partition coefficient (Wildman–Crippen LogP) is 3.17. The number of halogens is 3. The van der Waals surface area contributed by atoms with Gasteiger partial charge in [-0.3, -0.25) is 9.63 Å². The molecular formula is C12H14F3NO2. The molecule has 1 N–H and O–H groups in total. The third-order valence-corrected chi connectivity index (χ3v) is 1.92. The topological polar surface area (TPSA) is 38.3 Å². The van der Waals surface area contributed by atoms with Crippen LogP contribution >= 0.6 is 0 Å². The maximum Gasteiger partial charge on any atom is 0.416 e. The summed E-state index contributed by atoms with van der Waals surface area (Å²) >= 11 is 0. The molecule has 1 rings (SSSR count). The highest BCUT2D eigenvalue weighted by Gasteiger charge is 2.30. The van der Waals surface area contributed by atoms with Crippen molar-refractivity contribution in [3.8, 4) is 0 Å². The third-order valence-electron chi connectivity index (χ3n) is 1.92. The fraction of sp³-hybridized carbons (Fsp3) is 0.417. The van der Waals surface area contributed by atoms with Crippen molar-refractivity contribution in [2.24, 2.45) is 0 Å². The summed E-state index contributed by atoms with van der Waals surface area (Å²) in [7, 11) is 0. The van der Waals surface area contributed by atoms with E-state index in [1.807, 2.05) is 0 Å². The Hall–Kier alpha value is -1.56. The lowest BCUT2D eigenvalue weighted by Crippen LogP contribution is -2.33. The Balaban J connectivity index is 2.71. The molecular weight excluding hydrogens is 247 g/mol. The number of hydrogen-bond acceptors (Lipinski definition) is 2. The first-order valence-corrected chi connectivity index (χ1v) is 5.25. The van der Waals surface area contributed by atoms with E-state index in [-0.39, 0.29) is 5.56 Å². The number of rotatable bonds is 2. The van der Waals surface area contributed by atoms with Crippen LogP contribution in [-0.4, -0.2) is 11.5 Å². The molecule has 0 aliphatic heterocycles. The van der Waals surface area contributed by atoms with Crippen LogP contribution < -0.4 is 5.48 Å². The quantitative estimate of drug-likeness (QED) is 0.830. The van der Waals surface area contributed by atoms with Gasteiger partial charge in [-0.05, 0) is 45.0 Å². The Kier molecular flexibility index (Phi) is 4.01. The third kappa shape index (κ3) is 4.37. The molecule has 0 atom stereocenters. The zero-order chi connectivity index (χ0) is 14.0. The maximum absolute atomic E-state index is 12.3. The second kappa shape index (κ2) is 4.97. The first kappa shape index (κ1) is 14.5. The SMILES string of the molecule is CC(C)(C)ONC(=O)c1ccc(C(F)(F)F)cc1. The number of nitrogens with one attached hydrogen (secondary N) is 1. The minimum absolute atomic E-state index is 0.104. The lowest BCUT2D eigenvalue weighted by molar-refractivity contribution is -0.137. The second-order valence-corrected chi connectivity index (χ2v) is 4.72. The Bertz CT molecular complexity index is 418. The predicted molar refractivity (Wildman–Crippen MR) is 59.7 cm³/mol. The van der Waals surface area contributed by atoms with E-state index in [0.717, 1.165) is 24.3 Å². The number of carbonyl (C=O) groups is 1. The molecule has 0 unspecified atom stereocenters. The number of alkyl halides is 3. The molecule has 6 heteroatoms. The first-order chi connectivity index (χ1) is 8.09. The molecule has 18 heavy (non-hydrogen) atoms. The largest absolute Gasteiger partial charge is 0.416 e. The van der Waals surface area contributed by atoms with Gasteiger partial charge < -0.3 is 0 Å². The van der Waals surface area contributed by atoms with Crippen molar-refractivity contribution in [2.45, 2.75) is 32.5 Å². The molecule has 0 radical (unpaired) electrons. The van der Waals surface area contributed by atoms with Gasteiger partial charge in [0, 0.05) is 5.56 Å². The van der Waals surface area contributed by atoms with Crippen LogP contribution in [0.1, 0.15) is 36.7 Å². The van der Waals surface area contributed by atoms with Crippen molar-refractivity contribution in [1.29, 1.82) is 0 Å². The van der Waals surface area contributed by atoms with Gasteiger partial charge in [-0.2, -0.15) is 13.2 Å². The molecule has 0 saturated carbocycles. The normalized spacial score (nSPS) is 12.3. The number of benzene rings is 1. The van der Waals surface area contributed by atoms with Crippen LogP contribution in [0.25, 0.3) is 0 Å². The number of hydroxylamine groups is 1. The molecule has 0 saturated heterocycles. The van der Waals surface area contributed by atoms with Gasteiger partial charge in [-0.15, -0.1) is 0 Å². The summed E-state index contributed by atoms with van der Waals surface area (Å²) < 4.78 is 36.9. The van der Waals surface area contributed by atoms with E-state index in [1.54, 1.807) is 20.8 Å². The highest BCUT2D eigenvalue weighted by Crippen LogP contribution is 2.29. The molecule has 1 aromatic carbocycles. The van der Waals surface area contributed by atoms with Gasteiger partial charge in [-0.1, -0.05) is 0 Å². The van der Waals surface area contributed by atoms with E-state index in [0.29, 0.717) is 0 Å². The van der Waals surface area contributed by atoms with Gasteiger partial charge in [-0.25, -0.2) is 5.48 Å². The summed E-state index contributed by atoms with van der Waals surface area (Å²) in [6.07, 6.45) is -4.41. The van der Waals surface area contributed by atoms with Crippen molar-refractivity contribution in [3.05, 3.63) is 35.4 Å². The van der Waals surface area contributed by atoms with Gasteiger partial charge in [0.1, 0.15) is 0 Å². The van der Waals surface area contributed by atoms with Crippen molar-refractivity contribution in [1.82, 2.24) is 5.48 Å². The van der Waals surface area contributed by atoms with Crippen LogP contribution in [0.4, 0.5) is 13.2 Å². The van der Waals surface area contributed by atoms with Gasteiger partial charge in [0.25, 0.3) is 5.91 Å². The molecule has 0 aliphatic rings. The Morgan fingerprint density at radius 3 is 2.00 bits per heavy atom. The Labute approximate surface area is 103 Å². The average molecular weight is 261 g/mol. The van der Waals surface area contributed by atoms with E-state index < -0.39 is 23.2 Å². The molecule has 0 aromatic heterocycles. The van der Waals surface area contributed by atoms with Crippen LogP contribution in [0, 0.1) is 0 Å². The minimum Gasteiger partial charge on any atom is -0.268 e. The van der Waals surface area contributed by atoms with E-state index in [9.17, 15) is 18.0 Å². The minimum atomic E-state index is -4.41. The van der Waals surface area contributed by atoms with Crippen molar-refractivity contribution < 1.29 is 22.8 Å². The fourth-order valence-corrected chi connectivity index (χ4v) is 1.07.